The van der Waals surface area contributed by atoms with Crippen LogP contribution < -0.4 is 5.69 Å². The highest BCUT2D eigenvalue weighted by Crippen LogP contribution is 2.31. The van der Waals surface area contributed by atoms with Gasteiger partial charge in [0.1, 0.15) is 5.03 Å². The van der Waals surface area contributed by atoms with Crippen LogP contribution >= 0.6 is 11.8 Å². The van der Waals surface area contributed by atoms with Crippen molar-refractivity contribution in [3.05, 3.63) is 87.6 Å². The third-order valence-corrected chi connectivity index (χ3v) is 5.62. The third-order valence-electron chi connectivity index (χ3n) is 4.46. The van der Waals surface area contributed by atoms with Gasteiger partial charge in [0.25, 0.3) is 0 Å². The van der Waals surface area contributed by atoms with Crippen molar-refractivity contribution in [1.82, 2.24) is 19.2 Å². The normalized spacial score (nSPS) is 11.2. The summed E-state index contributed by atoms with van der Waals surface area (Å²) in [5, 5.41) is 5.28. The van der Waals surface area contributed by atoms with Gasteiger partial charge in [-0.25, -0.2) is 18.9 Å². The van der Waals surface area contributed by atoms with Crippen molar-refractivity contribution in [1.29, 1.82) is 0 Å². The minimum Gasteiger partial charge on any atom is -0.246 e. The van der Waals surface area contributed by atoms with Crippen LogP contribution in [0.3, 0.4) is 0 Å². The van der Waals surface area contributed by atoms with Crippen LogP contribution in [0.25, 0.3) is 5.65 Å². The zero-order chi connectivity index (χ0) is 19.0. The van der Waals surface area contributed by atoms with Crippen molar-refractivity contribution in [3.63, 3.8) is 0 Å². The molecule has 0 bridgehead atoms. The molecule has 0 unspecified atom stereocenters. The smallest absolute Gasteiger partial charge is 0.246 e. The van der Waals surface area contributed by atoms with Gasteiger partial charge in [0.05, 0.1) is 6.54 Å². The van der Waals surface area contributed by atoms with Gasteiger partial charge in [-0.1, -0.05) is 59.3 Å². The van der Waals surface area contributed by atoms with Gasteiger partial charge in [-0.3, -0.25) is 0 Å². The SMILES string of the molecule is Cc1ccc(Cn2nc3c(Sc4ccc(C)cc4C)nccn3c2=O)cc1. The maximum atomic E-state index is 12.7. The fraction of sp³-hybridized carbons (Fsp3) is 0.190. The van der Waals surface area contributed by atoms with Crippen molar-refractivity contribution >= 4 is 17.4 Å². The van der Waals surface area contributed by atoms with Crippen LogP contribution in [-0.4, -0.2) is 19.2 Å². The lowest BCUT2D eigenvalue weighted by molar-refractivity contribution is 0.658. The molecular weight excluding hydrogens is 356 g/mol. The lowest BCUT2D eigenvalue weighted by Crippen LogP contribution is -2.21. The quantitative estimate of drug-likeness (QED) is 0.540. The molecule has 0 atom stereocenters. The van der Waals surface area contributed by atoms with Crippen LogP contribution in [0.15, 0.2) is 69.6 Å². The summed E-state index contributed by atoms with van der Waals surface area (Å²) >= 11 is 1.54. The highest BCUT2D eigenvalue weighted by atomic mass is 32.2. The Hall–Kier alpha value is -2.86. The van der Waals surface area contributed by atoms with E-state index in [2.05, 4.69) is 42.1 Å². The molecule has 27 heavy (non-hydrogen) atoms. The second kappa shape index (κ2) is 7.04. The van der Waals surface area contributed by atoms with Crippen LogP contribution in [-0.2, 0) is 6.54 Å². The molecular formula is C21H20N4OS. The number of hydrogen-bond acceptors (Lipinski definition) is 4. The van der Waals surface area contributed by atoms with Crippen molar-refractivity contribution in [3.8, 4) is 0 Å². The van der Waals surface area contributed by atoms with Gasteiger partial charge in [-0.2, -0.15) is 0 Å². The summed E-state index contributed by atoms with van der Waals surface area (Å²) in [5.41, 5.74) is 5.07. The van der Waals surface area contributed by atoms with Gasteiger partial charge in [-0.15, -0.1) is 5.10 Å². The number of fused-ring (bicyclic) bond motifs is 1. The fourth-order valence-corrected chi connectivity index (χ4v) is 3.89. The largest absolute Gasteiger partial charge is 0.350 e. The van der Waals surface area contributed by atoms with E-state index in [4.69, 9.17) is 0 Å². The van der Waals surface area contributed by atoms with Gasteiger partial charge in [0, 0.05) is 17.3 Å². The topological polar surface area (TPSA) is 52.2 Å². The molecule has 0 saturated heterocycles. The second-order valence-corrected chi connectivity index (χ2v) is 7.75. The number of aromatic nitrogens is 4. The number of hydrogen-bond donors (Lipinski definition) is 0. The first kappa shape index (κ1) is 17.5. The Bertz CT molecular complexity index is 1180. The molecule has 0 aliphatic rings. The van der Waals surface area contributed by atoms with Crippen molar-refractivity contribution in [2.45, 2.75) is 37.2 Å². The number of nitrogens with zero attached hydrogens (tertiary/aromatic N) is 4. The van der Waals surface area contributed by atoms with Gasteiger partial charge < -0.3 is 0 Å². The minimum atomic E-state index is -0.157. The first-order valence-electron chi connectivity index (χ1n) is 8.76. The van der Waals surface area contributed by atoms with Gasteiger partial charge >= 0.3 is 5.69 Å². The van der Waals surface area contributed by atoms with E-state index in [1.165, 1.54) is 33.1 Å². The highest BCUT2D eigenvalue weighted by molar-refractivity contribution is 7.99. The average molecular weight is 376 g/mol. The summed E-state index contributed by atoms with van der Waals surface area (Å²) < 4.78 is 3.06. The first-order chi connectivity index (χ1) is 13.0. The van der Waals surface area contributed by atoms with E-state index in [9.17, 15) is 4.79 Å². The molecule has 0 aliphatic carbocycles. The lowest BCUT2D eigenvalue weighted by Gasteiger charge is -2.06. The van der Waals surface area contributed by atoms with E-state index in [1.54, 1.807) is 16.8 Å². The Morgan fingerprint density at radius 3 is 2.48 bits per heavy atom. The highest BCUT2D eigenvalue weighted by Gasteiger charge is 2.14. The molecule has 0 saturated carbocycles. The first-order valence-corrected chi connectivity index (χ1v) is 9.58. The third kappa shape index (κ3) is 3.53. The summed E-state index contributed by atoms with van der Waals surface area (Å²) in [7, 11) is 0. The molecule has 2 aromatic carbocycles. The van der Waals surface area contributed by atoms with Crippen molar-refractivity contribution < 1.29 is 0 Å². The zero-order valence-electron chi connectivity index (χ0n) is 15.5. The second-order valence-electron chi connectivity index (χ2n) is 6.72. The van der Waals surface area contributed by atoms with E-state index in [0.29, 0.717) is 12.2 Å². The van der Waals surface area contributed by atoms with Crippen LogP contribution in [0.4, 0.5) is 0 Å². The summed E-state index contributed by atoms with van der Waals surface area (Å²) in [4.78, 5) is 18.3. The van der Waals surface area contributed by atoms with Gasteiger partial charge in [0.2, 0.25) is 0 Å². The number of benzene rings is 2. The minimum absolute atomic E-state index is 0.157. The zero-order valence-corrected chi connectivity index (χ0v) is 16.3. The fourth-order valence-electron chi connectivity index (χ4n) is 2.99. The van der Waals surface area contributed by atoms with E-state index in [-0.39, 0.29) is 5.69 Å². The molecule has 0 radical (unpaired) electrons. The molecule has 6 heteroatoms. The Labute approximate surface area is 161 Å². The summed E-state index contributed by atoms with van der Waals surface area (Å²) in [6, 6.07) is 14.4. The van der Waals surface area contributed by atoms with Crippen LogP contribution in [0.5, 0.6) is 0 Å². The molecule has 4 rings (SSSR count). The average Bonchev–Trinajstić information content (AvgIpc) is 2.96. The van der Waals surface area contributed by atoms with Crippen LogP contribution in [0, 0.1) is 20.8 Å². The number of aryl methyl sites for hydroxylation is 3. The molecule has 4 aromatic rings. The Kier molecular flexibility index (Phi) is 4.58. The molecule has 0 amide bonds. The standard InChI is InChI=1S/C21H20N4OS/c1-14-4-7-17(8-5-14)13-25-21(26)24-11-10-22-20(19(24)23-25)27-18-9-6-15(2)12-16(18)3/h4-12H,13H2,1-3H3. The molecule has 0 aliphatic heterocycles. The summed E-state index contributed by atoms with van der Waals surface area (Å²) in [6.45, 7) is 6.64. The predicted octanol–water partition coefficient (Wildman–Crippen LogP) is 4.02. The lowest BCUT2D eigenvalue weighted by atomic mass is 10.1. The van der Waals surface area contributed by atoms with E-state index >= 15 is 0 Å². The molecule has 0 spiro atoms. The molecule has 0 fully saturated rings. The summed E-state index contributed by atoms with van der Waals surface area (Å²) in [6.07, 6.45) is 3.32. The van der Waals surface area contributed by atoms with Crippen molar-refractivity contribution in [2.24, 2.45) is 0 Å². The maximum absolute atomic E-state index is 12.7. The summed E-state index contributed by atoms with van der Waals surface area (Å²) in [5.74, 6) is 0. The van der Waals surface area contributed by atoms with Crippen LogP contribution in [0.1, 0.15) is 22.3 Å². The molecule has 2 aromatic heterocycles. The Morgan fingerprint density at radius 1 is 1.00 bits per heavy atom. The monoisotopic (exact) mass is 376 g/mol. The maximum Gasteiger partial charge on any atom is 0.350 e. The van der Waals surface area contributed by atoms with Crippen LogP contribution in [0.2, 0.25) is 0 Å². The number of rotatable bonds is 4. The molecule has 0 N–H and O–H groups in total. The van der Waals surface area contributed by atoms with E-state index in [0.717, 1.165) is 15.5 Å². The van der Waals surface area contributed by atoms with E-state index in [1.807, 2.05) is 31.2 Å². The van der Waals surface area contributed by atoms with E-state index < -0.39 is 0 Å². The molecule has 136 valence electrons. The predicted molar refractivity (Wildman–Crippen MR) is 108 cm³/mol. The molecule has 5 nitrogen and oxygen atoms in total. The van der Waals surface area contributed by atoms with Gasteiger partial charge in [-0.05, 0) is 38.0 Å². The van der Waals surface area contributed by atoms with Gasteiger partial charge in [0.15, 0.2) is 5.65 Å². The Balaban J connectivity index is 1.72. The Morgan fingerprint density at radius 2 is 1.74 bits per heavy atom. The molecule has 2 heterocycles. The van der Waals surface area contributed by atoms with Crippen molar-refractivity contribution in [2.75, 3.05) is 0 Å².